The van der Waals surface area contributed by atoms with Gasteiger partial charge in [0.05, 0.1) is 0 Å². The summed E-state index contributed by atoms with van der Waals surface area (Å²) >= 11 is 0. The highest BCUT2D eigenvalue weighted by atomic mass is 16.5. The summed E-state index contributed by atoms with van der Waals surface area (Å²) in [4.78, 5) is 12.8. The molecule has 0 bridgehead atoms. The SMILES string of the molecule is Cc1cc(O)cc2c1O[C@@]1(C)CC[C@H]3[C@@](C)(CC[C@H]4C(C)(C)C(=O)CC[C@]34C)[C@H]1C2. The van der Waals surface area contributed by atoms with Crippen LogP contribution in [0.4, 0.5) is 0 Å². The summed E-state index contributed by atoms with van der Waals surface area (Å²) in [5.74, 6) is 3.36. The van der Waals surface area contributed by atoms with Gasteiger partial charge in [0.1, 0.15) is 22.9 Å². The molecule has 4 aliphatic rings. The number of aryl methyl sites for hydroxylation is 1. The predicted molar refractivity (Wildman–Crippen MR) is 119 cm³/mol. The Morgan fingerprint density at radius 1 is 0.933 bits per heavy atom. The molecule has 3 saturated carbocycles. The summed E-state index contributed by atoms with van der Waals surface area (Å²) < 4.78 is 6.79. The van der Waals surface area contributed by atoms with Crippen molar-refractivity contribution in [3.8, 4) is 11.5 Å². The number of ketones is 1. The first-order chi connectivity index (χ1) is 13.9. The van der Waals surface area contributed by atoms with Gasteiger partial charge in [-0.2, -0.15) is 0 Å². The molecular weight excluding hydrogens is 372 g/mol. The van der Waals surface area contributed by atoms with Crippen molar-refractivity contribution < 1.29 is 14.6 Å². The topological polar surface area (TPSA) is 46.5 Å². The molecule has 3 nitrogen and oxygen atoms in total. The van der Waals surface area contributed by atoms with Gasteiger partial charge in [0, 0.05) is 17.8 Å². The van der Waals surface area contributed by atoms with Gasteiger partial charge in [0.15, 0.2) is 0 Å². The number of fused-ring (bicyclic) bond motifs is 6. The van der Waals surface area contributed by atoms with Crippen LogP contribution in [0.1, 0.15) is 84.3 Å². The Kier molecular flexibility index (Phi) is 4.11. The van der Waals surface area contributed by atoms with E-state index in [0.29, 0.717) is 29.3 Å². The summed E-state index contributed by atoms with van der Waals surface area (Å²) in [6.45, 7) is 13.8. The van der Waals surface area contributed by atoms with Crippen LogP contribution in [0.2, 0.25) is 0 Å². The molecule has 3 fully saturated rings. The van der Waals surface area contributed by atoms with Crippen molar-refractivity contribution in [3.63, 3.8) is 0 Å². The molecule has 3 heteroatoms. The van der Waals surface area contributed by atoms with E-state index in [1.165, 1.54) is 18.4 Å². The van der Waals surface area contributed by atoms with Gasteiger partial charge in [-0.15, -0.1) is 0 Å². The molecule has 0 aromatic heterocycles. The maximum atomic E-state index is 12.8. The molecular formula is C27H38O3. The second-order valence-corrected chi connectivity index (χ2v) is 12.3. The highest BCUT2D eigenvalue weighted by Gasteiger charge is 2.66. The average Bonchev–Trinajstić information content (AvgIpc) is 2.64. The minimum Gasteiger partial charge on any atom is -0.508 e. The van der Waals surface area contributed by atoms with Crippen LogP contribution in [0, 0.1) is 40.9 Å². The van der Waals surface area contributed by atoms with E-state index < -0.39 is 0 Å². The van der Waals surface area contributed by atoms with Gasteiger partial charge in [0.25, 0.3) is 0 Å². The number of phenolic OH excluding ortho intramolecular Hbond substituents is 1. The molecule has 164 valence electrons. The molecule has 6 atom stereocenters. The van der Waals surface area contributed by atoms with Crippen LogP contribution in [0.5, 0.6) is 11.5 Å². The van der Waals surface area contributed by atoms with E-state index in [-0.39, 0.29) is 21.8 Å². The molecule has 5 rings (SSSR count). The van der Waals surface area contributed by atoms with Gasteiger partial charge >= 0.3 is 0 Å². The zero-order valence-corrected chi connectivity index (χ0v) is 19.6. The maximum absolute atomic E-state index is 12.8. The van der Waals surface area contributed by atoms with Crippen LogP contribution >= 0.6 is 0 Å². The lowest BCUT2D eigenvalue weighted by atomic mass is 9.37. The lowest BCUT2D eigenvalue weighted by Crippen LogP contribution is -2.65. The fraction of sp³-hybridized carbons (Fsp3) is 0.741. The van der Waals surface area contributed by atoms with E-state index in [9.17, 15) is 9.90 Å². The van der Waals surface area contributed by atoms with Crippen LogP contribution in [0.25, 0.3) is 0 Å². The number of hydrogen-bond donors (Lipinski definition) is 1. The Bertz CT molecular complexity index is 917. The van der Waals surface area contributed by atoms with E-state index in [4.69, 9.17) is 4.74 Å². The van der Waals surface area contributed by atoms with E-state index in [1.54, 1.807) is 0 Å². The Morgan fingerprint density at radius 2 is 1.60 bits per heavy atom. The number of carbonyl (C=O) groups is 1. The van der Waals surface area contributed by atoms with Crippen LogP contribution in [-0.4, -0.2) is 16.5 Å². The third-order valence-electron chi connectivity index (χ3n) is 10.4. The molecule has 0 unspecified atom stereocenters. The Labute approximate surface area is 181 Å². The fourth-order valence-electron chi connectivity index (χ4n) is 8.92. The van der Waals surface area contributed by atoms with E-state index in [0.717, 1.165) is 43.4 Å². The zero-order chi connectivity index (χ0) is 21.7. The number of aromatic hydroxyl groups is 1. The molecule has 1 aliphatic heterocycles. The van der Waals surface area contributed by atoms with Crippen molar-refractivity contribution in [1.82, 2.24) is 0 Å². The number of hydrogen-bond acceptors (Lipinski definition) is 3. The highest BCUT2D eigenvalue weighted by Crippen LogP contribution is 2.70. The fourth-order valence-corrected chi connectivity index (χ4v) is 8.92. The first-order valence-corrected chi connectivity index (χ1v) is 12.0. The molecule has 1 N–H and O–H groups in total. The minimum absolute atomic E-state index is 0.150. The zero-order valence-electron chi connectivity index (χ0n) is 19.6. The second kappa shape index (κ2) is 6.04. The Balaban J connectivity index is 1.57. The van der Waals surface area contributed by atoms with Gasteiger partial charge in [-0.25, -0.2) is 0 Å². The van der Waals surface area contributed by atoms with Crippen LogP contribution in [-0.2, 0) is 11.2 Å². The van der Waals surface area contributed by atoms with Crippen LogP contribution in [0.15, 0.2) is 12.1 Å². The molecule has 1 aromatic carbocycles. The monoisotopic (exact) mass is 410 g/mol. The molecule has 30 heavy (non-hydrogen) atoms. The molecule has 1 aromatic rings. The Hall–Kier alpha value is -1.51. The van der Waals surface area contributed by atoms with Crippen molar-refractivity contribution in [2.75, 3.05) is 0 Å². The largest absolute Gasteiger partial charge is 0.508 e. The molecule has 0 saturated heterocycles. The summed E-state index contributed by atoms with van der Waals surface area (Å²) in [6, 6.07) is 3.74. The number of ether oxygens (including phenoxy) is 1. The highest BCUT2D eigenvalue weighted by molar-refractivity contribution is 5.85. The Morgan fingerprint density at radius 3 is 2.33 bits per heavy atom. The lowest BCUT2D eigenvalue weighted by Gasteiger charge is -2.68. The van der Waals surface area contributed by atoms with Crippen LogP contribution < -0.4 is 4.74 Å². The van der Waals surface area contributed by atoms with Crippen molar-refractivity contribution >= 4 is 5.78 Å². The molecule has 3 aliphatic carbocycles. The van der Waals surface area contributed by atoms with Gasteiger partial charge in [-0.3, -0.25) is 4.79 Å². The summed E-state index contributed by atoms with van der Waals surface area (Å²) in [5, 5.41) is 10.2. The van der Waals surface area contributed by atoms with E-state index in [2.05, 4.69) is 34.6 Å². The summed E-state index contributed by atoms with van der Waals surface area (Å²) in [5.41, 5.74) is 2.28. The van der Waals surface area contributed by atoms with Crippen molar-refractivity contribution in [3.05, 3.63) is 23.3 Å². The van der Waals surface area contributed by atoms with Crippen molar-refractivity contribution in [2.45, 2.75) is 92.1 Å². The summed E-state index contributed by atoms with van der Waals surface area (Å²) in [6.07, 6.45) is 7.34. The maximum Gasteiger partial charge on any atom is 0.138 e. The third-order valence-corrected chi connectivity index (χ3v) is 10.4. The minimum atomic E-state index is -0.201. The number of phenols is 1. The van der Waals surface area contributed by atoms with Gasteiger partial charge < -0.3 is 9.84 Å². The standard InChI is InChI=1S/C27H38O3/c1-16-13-18(28)14-17-15-21-26(5)10-7-19-24(2,3)22(29)9-11-25(19,4)20(26)8-12-27(21,6)30-23(16)17/h13-14,19-21,28H,7-12,15H2,1-6H3/t19-,20+,21+,25-,26+,27-/m0/s1. The van der Waals surface area contributed by atoms with Crippen molar-refractivity contribution in [1.29, 1.82) is 0 Å². The van der Waals surface area contributed by atoms with E-state index in [1.807, 2.05) is 19.1 Å². The molecule has 0 radical (unpaired) electrons. The first-order valence-electron chi connectivity index (χ1n) is 12.0. The van der Waals surface area contributed by atoms with Crippen molar-refractivity contribution in [2.24, 2.45) is 34.0 Å². The number of rotatable bonds is 0. The smallest absolute Gasteiger partial charge is 0.138 e. The predicted octanol–water partition coefficient (Wildman–Crippen LogP) is 6.23. The lowest BCUT2D eigenvalue weighted by molar-refractivity contribution is -0.206. The normalized spacial score (nSPS) is 44.2. The first kappa shape index (κ1) is 20.4. The van der Waals surface area contributed by atoms with Gasteiger partial charge in [-0.05, 0) is 98.3 Å². The number of carbonyl (C=O) groups excluding carboxylic acids is 1. The molecule has 0 spiro atoms. The van der Waals surface area contributed by atoms with Gasteiger partial charge in [0.2, 0.25) is 0 Å². The summed E-state index contributed by atoms with van der Waals surface area (Å²) in [7, 11) is 0. The average molecular weight is 411 g/mol. The second-order valence-electron chi connectivity index (χ2n) is 12.3. The molecule has 1 heterocycles. The number of Topliss-reactive ketones (excluding diaryl/α,β-unsaturated/α-hetero) is 1. The van der Waals surface area contributed by atoms with E-state index >= 15 is 0 Å². The number of benzene rings is 1. The quantitative estimate of drug-likeness (QED) is 0.551. The third kappa shape index (κ3) is 2.47. The van der Waals surface area contributed by atoms with Crippen LogP contribution in [0.3, 0.4) is 0 Å². The molecule has 0 amide bonds. The van der Waals surface area contributed by atoms with Gasteiger partial charge in [-0.1, -0.05) is 27.7 Å².